The van der Waals surface area contributed by atoms with Crippen molar-refractivity contribution in [2.45, 2.75) is 77.1 Å². The number of para-hydroxylation sites is 1. The molecule has 7 nitrogen and oxygen atoms in total. The fraction of sp³-hybridized carbons (Fsp3) is 0.680. The van der Waals surface area contributed by atoms with E-state index in [-0.39, 0.29) is 35.7 Å². The zero-order valence-electron chi connectivity index (χ0n) is 19.4. The van der Waals surface area contributed by atoms with Gasteiger partial charge in [-0.3, -0.25) is 9.59 Å². The van der Waals surface area contributed by atoms with E-state index in [9.17, 15) is 14.7 Å². The van der Waals surface area contributed by atoms with E-state index in [1.165, 1.54) is 6.92 Å². The van der Waals surface area contributed by atoms with Gasteiger partial charge in [0, 0.05) is 50.4 Å². The highest BCUT2D eigenvalue weighted by molar-refractivity contribution is 5.76. The van der Waals surface area contributed by atoms with Crippen LogP contribution in [-0.2, 0) is 14.3 Å². The lowest BCUT2D eigenvalue weighted by atomic mass is 9.70. The molecule has 1 aromatic rings. The Hall–Kier alpha value is -2.28. The first-order chi connectivity index (χ1) is 15.3. The van der Waals surface area contributed by atoms with Crippen molar-refractivity contribution in [2.75, 3.05) is 19.6 Å². The number of ether oxygens (including phenoxy) is 2. The standard InChI is InChI=1S/C25H36N2O5/c1-16(28)26-12-6-4-5-10-22(30)27-13-11-21-17(15-27)14-19-23(31-21)18-8-7-9-20(29)24(18)32-25(19,2)3/h7-9,17,19,21,23,29H,4-6,10-15H2,1-3H3,(H,26,28)/t17-,19-,21-,23+/m1/s1. The average molecular weight is 445 g/mol. The van der Waals surface area contributed by atoms with Crippen LogP contribution in [0.5, 0.6) is 11.5 Å². The quantitative estimate of drug-likeness (QED) is 0.655. The van der Waals surface area contributed by atoms with Crippen LogP contribution in [0.25, 0.3) is 0 Å². The second-order valence-corrected chi connectivity index (χ2v) is 10.0. The monoisotopic (exact) mass is 444 g/mol. The number of unbranched alkanes of at least 4 members (excludes halogenated alkanes) is 2. The third-order valence-electron chi connectivity index (χ3n) is 7.29. The molecule has 4 rings (SSSR count). The lowest BCUT2D eigenvalue weighted by molar-refractivity contribution is -0.189. The van der Waals surface area contributed by atoms with Gasteiger partial charge in [0.2, 0.25) is 11.8 Å². The normalized spacial score (nSPS) is 28.0. The van der Waals surface area contributed by atoms with Gasteiger partial charge in [-0.2, -0.15) is 0 Å². The molecule has 32 heavy (non-hydrogen) atoms. The number of hydrogen-bond donors (Lipinski definition) is 2. The van der Waals surface area contributed by atoms with Crippen LogP contribution in [0.15, 0.2) is 18.2 Å². The summed E-state index contributed by atoms with van der Waals surface area (Å²) in [5.74, 6) is 1.39. The van der Waals surface area contributed by atoms with Crippen molar-refractivity contribution in [3.63, 3.8) is 0 Å². The maximum absolute atomic E-state index is 12.8. The molecule has 0 aromatic heterocycles. The second-order valence-electron chi connectivity index (χ2n) is 10.0. The van der Waals surface area contributed by atoms with Crippen LogP contribution in [0, 0.1) is 11.8 Å². The zero-order chi connectivity index (χ0) is 22.9. The lowest BCUT2D eigenvalue weighted by Crippen LogP contribution is -2.55. The van der Waals surface area contributed by atoms with Crippen LogP contribution in [0.4, 0.5) is 0 Å². The fourth-order valence-electron chi connectivity index (χ4n) is 5.53. The highest BCUT2D eigenvalue weighted by Crippen LogP contribution is 2.54. The average Bonchev–Trinajstić information content (AvgIpc) is 2.75. The maximum Gasteiger partial charge on any atom is 0.222 e. The molecule has 7 heteroatoms. The summed E-state index contributed by atoms with van der Waals surface area (Å²) in [7, 11) is 0. The third kappa shape index (κ3) is 4.72. The molecule has 3 aliphatic heterocycles. The van der Waals surface area contributed by atoms with Gasteiger partial charge in [0.1, 0.15) is 5.60 Å². The smallest absolute Gasteiger partial charge is 0.222 e. The minimum atomic E-state index is -0.457. The lowest BCUT2D eigenvalue weighted by Gasteiger charge is -2.53. The predicted octanol–water partition coefficient (Wildman–Crippen LogP) is 3.55. The number of likely N-dealkylation sites (tertiary alicyclic amines) is 1. The number of aromatic hydroxyl groups is 1. The number of nitrogens with zero attached hydrogens (tertiary/aromatic N) is 1. The Bertz CT molecular complexity index is 855. The van der Waals surface area contributed by atoms with Gasteiger partial charge in [-0.15, -0.1) is 0 Å². The van der Waals surface area contributed by atoms with E-state index in [4.69, 9.17) is 9.47 Å². The summed E-state index contributed by atoms with van der Waals surface area (Å²) in [4.78, 5) is 25.7. The van der Waals surface area contributed by atoms with Crippen molar-refractivity contribution in [1.29, 1.82) is 0 Å². The molecule has 1 aromatic carbocycles. The molecule has 2 N–H and O–H groups in total. The van der Waals surface area contributed by atoms with Crippen LogP contribution in [0.1, 0.15) is 71.0 Å². The molecule has 3 aliphatic rings. The zero-order valence-corrected chi connectivity index (χ0v) is 19.4. The number of fused-ring (bicyclic) bond motifs is 4. The molecule has 3 heterocycles. The summed E-state index contributed by atoms with van der Waals surface area (Å²) < 4.78 is 12.9. The van der Waals surface area contributed by atoms with E-state index in [1.54, 1.807) is 6.07 Å². The van der Waals surface area contributed by atoms with Gasteiger partial charge in [-0.1, -0.05) is 18.6 Å². The number of hydrogen-bond acceptors (Lipinski definition) is 5. The molecule has 2 saturated heterocycles. The van der Waals surface area contributed by atoms with Crippen molar-refractivity contribution in [3.8, 4) is 11.5 Å². The molecule has 0 radical (unpaired) electrons. The van der Waals surface area contributed by atoms with E-state index in [0.29, 0.717) is 24.6 Å². The summed E-state index contributed by atoms with van der Waals surface area (Å²) in [6.45, 7) is 7.80. The molecule has 0 bridgehead atoms. The van der Waals surface area contributed by atoms with Crippen LogP contribution in [0.3, 0.4) is 0 Å². The number of carbonyl (C=O) groups excluding carboxylic acids is 2. The SMILES string of the molecule is CC(=O)NCCCCCC(=O)N1CC[C@H]2O[C@H]3c4cccc(O)c4OC(C)(C)[C@@H]3C[C@@H]2C1. The van der Waals surface area contributed by atoms with Gasteiger partial charge in [0.15, 0.2) is 11.5 Å². The summed E-state index contributed by atoms with van der Waals surface area (Å²) in [5.41, 5.74) is 0.479. The summed E-state index contributed by atoms with van der Waals surface area (Å²) in [5, 5.41) is 13.1. The number of rotatable bonds is 6. The largest absolute Gasteiger partial charge is 0.504 e. The van der Waals surface area contributed by atoms with E-state index in [2.05, 4.69) is 19.2 Å². The first-order valence-electron chi connectivity index (χ1n) is 11.9. The Morgan fingerprint density at radius 3 is 2.84 bits per heavy atom. The van der Waals surface area contributed by atoms with Crippen LogP contribution in [-0.4, -0.2) is 53.2 Å². The third-order valence-corrected chi connectivity index (χ3v) is 7.29. The molecule has 0 unspecified atom stereocenters. The van der Waals surface area contributed by atoms with Crippen molar-refractivity contribution in [2.24, 2.45) is 11.8 Å². The van der Waals surface area contributed by atoms with Gasteiger partial charge >= 0.3 is 0 Å². The van der Waals surface area contributed by atoms with Gasteiger partial charge in [0.05, 0.1) is 12.2 Å². The number of benzene rings is 1. The van der Waals surface area contributed by atoms with Crippen molar-refractivity contribution < 1.29 is 24.2 Å². The van der Waals surface area contributed by atoms with Gasteiger partial charge in [-0.25, -0.2) is 0 Å². The van der Waals surface area contributed by atoms with E-state index in [1.807, 2.05) is 17.0 Å². The van der Waals surface area contributed by atoms with Gasteiger partial charge in [-0.05, 0) is 45.6 Å². The Balaban J connectivity index is 1.34. The van der Waals surface area contributed by atoms with Crippen molar-refractivity contribution >= 4 is 11.8 Å². The highest BCUT2D eigenvalue weighted by Gasteiger charge is 2.52. The Morgan fingerprint density at radius 1 is 1.25 bits per heavy atom. The van der Waals surface area contributed by atoms with E-state index >= 15 is 0 Å². The number of piperidine rings is 1. The molecular weight excluding hydrogens is 408 g/mol. The molecule has 0 saturated carbocycles. The Kier molecular flexibility index (Phi) is 6.65. The predicted molar refractivity (Wildman–Crippen MR) is 120 cm³/mol. The minimum Gasteiger partial charge on any atom is -0.504 e. The molecule has 4 atom stereocenters. The topological polar surface area (TPSA) is 88.1 Å². The number of carbonyl (C=O) groups is 2. The number of phenolic OH excluding ortho intramolecular Hbond substituents is 1. The highest BCUT2D eigenvalue weighted by atomic mass is 16.5. The van der Waals surface area contributed by atoms with E-state index in [0.717, 1.165) is 50.8 Å². The van der Waals surface area contributed by atoms with Crippen molar-refractivity contribution in [3.05, 3.63) is 23.8 Å². The van der Waals surface area contributed by atoms with Gasteiger partial charge in [0.25, 0.3) is 0 Å². The molecule has 2 fully saturated rings. The second kappa shape index (κ2) is 9.30. The molecule has 0 aliphatic carbocycles. The maximum atomic E-state index is 12.8. The molecule has 2 amide bonds. The first-order valence-corrected chi connectivity index (χ1v) is 11.9. The van der Waals surface area contributed by atoms with Gasteiger partial charge < -0.3 is 24.8 Å². The molecule has 0 spiro atoms. The Labute approximate surface area is 190 Å². The molecule has 176 valence electrons. The minimum absolute atomic E-state index is 0.00674. The number of phenols is 1. The number of amides is 2. The first kappa shape index (κ1) is 22.9. The summed E-state index contributed by atoms with van der Waals surface area (Å²) in [6.07, 6.45) is 5.08. The van der Waals surface area contributed by atoms with Crippen LogP contribution < -0.4 is 10.1 Å². The van der Waals surface area contributed by atoms with Crippen LogP contribution in [0.2, 0.25) is 0 Å². The molecular formula is C25H36N2O5. The fourth-order valence-corrected chi connectivity index (χ4v) is 5.53. The van der Waals surface area contributed by atoms with Crippen molar-refractivity contribution in [1.82, 2.24) is 10.2 Å². The van der Waals surface area contributed by atoms with Crippen LogP contribution >= 0.6 is 0 Å². The Morgan fingerprint density at radius 2 is 2.06 bits per heavy atom. The van der Waals surface area contributed by atoms with E-state index < -0.39 is 5.60 Å². The number of nitrogens with one attached hydrogen (secondary N) is 1. The summed E-state index contributed by atoms with van der Waals surface area (Å²) >= 11 is 0. The summed E-state index contributed by atoms with van der Waals surface area (Å²) in [6, 6.07) is 5.50.